The normalized spacial score (nSPS) is 21.4. The average molecular weight is 2230 g/mol. The maximum Gasteiger partial charge on any atom is 0.251 e. The summed E-state index contributed by atoms with van der Waals surface area (Å²) in [4.78, 5) is 65.6. The van der Waals surface area contributed by atoms with E-state index < -0.39 is 91.2 Å². The van der Waals surface area contributed by atoms with E-state index in [1.165, 1.54) is 24.3 Å². The molecule has 788 valence electrons. The van der Waals surface area contributed by atoms with Gasteiger partial charge in [-0.2, -0.15) is 0 Å². The van der Waals surface area contributed by atoms with Crippen LogP contribution in [0.4, 0.5) is 17.6 Å². The van der Waals surface area contributed by atoms with Crippen LogP contribution in [0, 0.1) is 23.3 Å². The number of nitrogens with zero attached hydrogens (tertiary/aromatic N) is 8. The largest absolute Gasteiger partial charge is 0.773 e. The van der Waals surface area contributed by atoms with Crippen molar-refractivity contribution in [1.29, 1.82) is 0 Å². The molecule has 0 radical (unpaired) electrons. The third kappa shape index (κ3) is 35.5. The lowest BCUT2D eigenvalue weighted by Crippen LogP contribution is -2.52. The smallest absolute Gasteiger partial charge is 0.251 e. The fourth-order valence-electron chi connectivity index (χ4n) is 19.5. The van der Waals surface area contributed by atoms with Gasteiger partial charge in [-0.3, -0.25) is 75.2 Å². The molecule has 0 spiro atoms. The van der Waals surface area contributed by atoms with Gasteiger partial charge in [0.25, 0.3) is 23.6 Å². The van der Waals surface area contributed by atoms with E-state index in [2.05, 4.69) is 94.6 Å². The molecule has 24 nitrogen and oxygen atoms in total. The quantitative estimate of drug-likeness (QED) is 0.0289. The van der Waals surface area contributed by atoms with Gasteiger partial charge in [-0.15, -0.1) is 0 Å². The number of nitrogens with two attached hydrogens (primary N) is 4. The first-order valence-electron chi connectivity index (χ1n) is 48.4. The predicted octanol–water partition coefficient (Wildman–Crippen LogP) is 20.6. The summed E-state index contributed by atoms with van der Waals surface area (Å²) in [7, 11) is 0. The molecule has 4 unspecified atom stereocenters. The Bertz CT molecular complexity index is 5200. The topological polar surface area (TPSA) is 359 Å². The minimum Gasteiger partial charge on any atom is -0.773 e. The summed E-state index contributed by atoms with van der Waals surface area (Å²) >= 11 is 42.4. The molecule has 4 aliphatic heterocycles. The summed E-state index contributed by atoms with van der Waals surface area (Å²) in [5.41, 5.74) is 34.0. The molecule has 8 N–H and O–H groups in total. The van der Waals surface area contributed by atoms with Crippen molar-refractivity contribution in [3.63, 3.8) is 0 Å². The third-order valence-electron chi connectivity index (χ3n) is 27.7. The van der Waals surface area contributed by atoms with E-state index >= 15 is 0 Å². The number of primary amides is 4. The summed E-state index contributed by atoms with van der Waals surface area (Å²) in [6.07, 6.45) is 14.4. The summed E-state index contributed by atoms with van der Waals surface area (Å²) in [6.45, 7) is 30.9. The second-order valence-corrected chi connectivity index (χ2v) is 46.7. The SMILES string of the molecule is CS(=O)[O-].CS(=O)[O-].C[C@@H]1CN(Cc2cc(F)c(C(N)=O)cc2C2CC2)CCN1[C@H](C)c1cc(Cl)cc(Cl)c1.C[C@H](c1cc(Cl)cc(Cl)c1)N1CCN(Cc2cc(F)c(C(N)=O)cc2C2CC2)C[C@@H]1C.C[C@H]1CN(Cc2cc(F)c(C(N)=O)cc2C2CC2)CCN1[C@@H](C)c1cc(Cl)cc(Cl)c1.C[C@H]1CN(Cc2cc(F)c(C(N)=O)cc2C2CC2)CCN1[C@@H](C)c1cc(Cl)cc(Cl)c1.O=S([O-])C1CC1.O=S([O-])C1CC1. The molecule has 144 heavy (non-hydrogen) atoms. The van der Waals surface area contributed by atoms with Crippen molar-refractivity contribution in [3.05, 3.63) is 274 Å². The Hall–Kier alpha value is -6.20. The zero-order valence-corrected chi connectivity index (χ0v) is 91.7. The molecule has 4 amide bonds. The maximum atomic E-state index is 14.5. The van der Waals surface area contributed by atoms with E-state index in [9.17, 15) is 54.3 Å². The summed E-state index contributed by atoms with van der Waals surface area (Å²) < 4.78 is 133. The predicted molar refractivity (Wildman–Crippen MR) is 566 cm³/mol. The number of benzene rings is 8. The van der Waals surface area contributed by atoms with Gasteiger partial charge in [0.15, 0.2) is 0 Å². The highest BCUT2D eigenvalue weighted by Crippen LogP contribution is 2.48. The Kier molecular flexibility index (Phi) is 44.4. The number of amides is 4. The fraction of sp³-hybridized carbons (Fsp3) is 0.500. The molecule has 4 heterocycles. The van der Waals surface area contributed by atoms with Gasteiger partial charge in [0.05, 0.1) is 22.3 Å². The van der Waals surface area contributed by atoms with E-state index in [1.807, 2.05) is 48.5 Å². The summed E-state index contributed by atoms with van der Waals surface area (Å²) in [6, 6.07) is 37.6. The number of piperazine rings is 4. The highest BCUT2D eigenvalue weighted by Gasteiger charge is 2.39. The van der Waals surface area contributed by atoms with Crippen molar-refractivity contribution in [2.45, 2.75) is 241 Å². The lowest BCUT2D eigenvalue weighted by molar-refractivity contribution is 0.0502. The number of rotatable bonds is 26. The van der Waals surface area contributed by atoms with Crippen LogP contribution in [0.1, 0.15) is 288 Å². The highest BCUT2D eigenvalue weighted by atomic mass is 35.5. The molecule has 18 rings (SSSR count). The number of hydrogen-bond acceptors (Lipinski definition) is 20. The van der Waals surface area contributed by atoms with Crippen LogP contribution < -0.4 is 22.9 Å². The number of halogens is 12. The molecule has 0 bridgehead atoms. The van der Waals surface area contributed by atoms with Crippen molar-refractivity contribution < 1.29 is 71.8 Å². The van der Waals surface area contributed by atoms with Gasteiger partial charge in [-0.25, -0.2) is 17.6 Å². The van der Waals surface area contributed by atoms with E-state index in [-0.39, 0.29) is 56.9 Å². The fourth-order valence-corrected chi connectivity index (χ4v) is 22.7. The Labute approximate surface area is 893 Å². The van der Waals surface area contributed by atoms with Gasteiger partial charge < -0.3 is 41.1 Å². The van der Waals surface area contributed by atoms with E-state index in [4.69, 9.17) is 133 Å². The lowest BCUT2D eigenvalue weighted by Gasteiger charge is -2.43. The number of carbonyl (C=O) groups excluding carboxylic acids is 4. The molecule has 6 aliphatic carbocycles. The van der Waals surface area contributed by atoms with Crippen LogP contribution in [-0.4, -0.2) is 224 Å². The van der Waals surface area contributed by atoms with Crippen molar-refractivity contribution in [2.75, 3.05) is 91.0 Å². The van der Waals surface area contributed by atoms with E-state index in [1.54, 1.807) is 48.5 Å². The molecule has 0 aromatic heterocycles. The van der Waals surface area contributed by atoms with Crippen molar-refractivity contribution >= 4 is 161 Å². The third-order valence-corrected chi connectivity index (χ3v) is 31.5. The number of hydrogen-bond donors (Lipinski definition) is 4. The van der Waals surface area contributed by atoms with Gasteiger partial charge in [0.1, 0.15) is 23.3 Å². The second kappa shape index (κ2) is 54.2. The average Bonchev–Trinajstić information content (AvgIpc) is 1.71. The lowest BCUT2D eigenvalue weighted by atomic mass is 9.98. The van der Waals surface area contributed by atoms with E-state index in [0.29, 0.717) is 114 Å². The standard InChI is InChI=1S/4C24H28Cl2FN3O.2C3H6O2S.2CH4O2S/c4*1-14-12-29(5-6-30(14)15(2)17-7-19(25)10-20(26)8-17)13-18-9-23(27)22(24(28)31)11-21(18)16-3-4-16;2*4-6(5)3-1-2-3;2*1-4(2)3/h4*7-11,14-16H,3-6,12-13H2,1-2H3,(H2,28,31);2*3H,1-2H2,(H,4,5);2*1H3,(H,2,3)/p-4/t14-,15+;3*14-,15-;;;;/m0100..../s1. The van der Waals surface area contributed by atoms with Crippen LogP contribution in [0.2, 0.25) is 40.2 Å². The minimum atomic E-state index is -1.86. The highest BCUT2D eigenvalue weighted by molar-refractivity contribution is 7.80. The molecular weight excluding hydrogens is 2100 g/mol. The van der Waals surface area contributed by atoms with Crippen LogP contribution in [0.15, 0.2) is 121 Å². The first-order valence-corrected chi connectivity index (χ1v) is 56.7. The zero-order valence-electron chi connectivity index (χ0n) is 82.4. The van der Waals surface area contributed by atoms with Gasteiger partial charge in [0.2, 0.25) is 0 Å². The molecule has 12 atom stereocenters. The summed E-state index contributed by atoms with van der Waals surface area (Å²) in [5.74, 6) is -3.25. The molecular formula is C104H128Cl8F4N12O12S4-4. The van der Waals surface area contributed by atoms with E-state index in [0.717, 1.165) is 235 Å². The van der Waals surface area contributed by atoms with Gasteiger partial charge >= 0.3 is 0 Å². The molecule has 10 aliphatic rings. The first kappa shape index (κ1) is 118. The Morgan fingerprint density at radius 2 is 0.472 bits per heavy atom. The molecule has 4 saturated heterocycles. The van der Waals surface area contributed by atoms with Crippen LogP contribution in [0.3, 0.4) is 0 Å². The van der Waals surface area contributed by atoms with Crippen molar-refractivity contribution in [3.8, 4) is 0 Å². The van der Waals surface area contributed by atoms with Crippen molar-refractivity contribution in [2.24, 2.45) is 22.9 Å². The molecule has 8 aromatic carbocycles. The monoisotopic (exact) mass is 2220 g/mol. The summed E-state index contributed by atoms with van der Waals surface area (Å²) in [5, 5.41) is 5.22. The first-order chi connectivity index (χ1) is 68.0. The molecule has 10 fully saturated rings. The van der Waals surface area contributed by atoms with Gasteiger partial charge in [-0.05, 0) is 357 Å². The molecule has 40 heteroatoms. The van der Waals surface area contributed by atoms with Crippen LogP contribution in [0.25, 0.3) is 0 Å². The van der Waals surface area contributed by atoms with Gasteiger partial charge in [-0.1, -0.05) is 137 Å². The minimum absolute atomic E-state index is 0.00200. The molecule has 6 saturated carbocycles. The Balaban J connectivity index is 0.000000171. The Morgan fingerprint density at radius 3 is 0.597 bits per heavy atom. The second-order valence-electron chi connectivity index (χ2n) is 39.2. The zero-order chi connectivity index (χ0) is 105. The maximum absolute atomic E-state index is 14.5. The van der Waals surface area contributed by atoms with Crippen molar-refractivity contribution in [1.82, 2.24) is 39.2 Å². The molecule has 8 aromatic rings. The number of carbonyl (C=O) groups is 4. The van der Waals surface area contributed by atoms with Crippen LogP contribution >= 0.6 is 92.8 Å². The van der Waals surface area contributed by atoms with Crippen LogP contribution in [-0.2, 0) is 70.5 Å². The van der Waals surface area contributed by atoms with Crippen LogP contribution in [0.5, 0.6) is 0 Å². The van der Waals surface area contributed by atoms with Gasteiger partial charge in [0, 0.05) is 204 Å². The Morgan fingerprint density at radius 1 is 0.306 bits per heavy atom.